The molecule has 0 aliphatic rings. The summed E-state index contributed by atoms with van der Waals surface area (Å²) in [5.41, 5.74) is 2.62. The second kappa shape index (κ2) is 6.74. The molecule has 0 bridgehead atoms. The summed E-state index contributed by atoms with van der Waals surface area (Å²) in [6.07, 6.45) is 1.80. The molecule has 0 saturated carbocycles. The van der Waals surface area contributed by atoms with Crippen LogP contribution in [0.5, 0.6) is 0 Å². The lowest BCUT2D eigenvalue weighted by molar-refractivity contribution is -0.140. The van der Waals surface area contributed by atoms with Crippen molar-refractivity contribution >= 4 is 21.7 Å². The lowest BCUT2D eigenvalue weighted by Gasteiger charge is -2.24. The van der Waals surface area contributed by atoms with Gasteiger partial charge >= 0.3 is 5.97 Å². The van der Waals surface area contributed by atoms with E-state index < -0.39 is 10.0 Å². The van der Waals surface area contributed by atoms with Crippen molar-refractivity contribution in [3.05, 3.63) is 29.3 Å². The van der Waals surface area contributed by atoms with Gasteiger partial charge in [-0.2, -0.15) is 0 Å². The Kier molecular flexibility index (Phi) is 5.56. The molecule has 0 aromatic heterocycles. The van der Waals surface area contributed by atoms with E-state index in [2.05, 4.69) is 4.74 Å². The van der Waals surface area contributed by atoms with Gasteiger partial charge in [-0.05, 0) is 37.5 Å². The van der Waals surface area contributed by atoms with Crippen molar-refractivity contribution in [3.63, 3.8) is 0 Å². The van der Waals surface area contributed by atoms with E-state index in [1.807, 2.05) is 26.0 Å². The SMILES string of the molecule is COC(=O)CCCN(c1cccc(C)c1C)S(C)(=O)=O. The van der Waals surface area contributed by atoms with Crippen LogP contribution in [0.1, 0.15) is 24.0 Å². The Morgan fingerprint density at radius 2 is 1.95 bits per heavy atom. The summed E-state index contributed by atoms with van der Waals surface area (Å²) >= 11 is 0. The maximum atomic E-state index is 12.0. The molecular weight excluding hydrogens is 278 g/mol. The number of ether oxygens (including phenoxy) is 1. The Morgan fingerprint density at radius 1 is 1.30 bits per heavy atom. The highest BCUT2D eigenvalue weighted by Crippen LogP contribution is 2.25. The van der Waals surface area contributed by atoms with Gasteiger partial charge in [0.25, 0.3) is 0 Å². The molecule has 0 aliphatic carbocycles. The highest BCUT2D eigenvalue weighted by molar-refractivity contribution is 7.92. The topological polar surface area (TPSA) is 63.7 Å². The van der Waals surface area contributed by atoms with Crippen LogP contribution in [0.4, 0.5) is 5.69 Å². The molecule has 0 fully saturated rings. The smallest absolute Gasteiger partial charge is 0.305 e. The first-order valence-corrected chi connectivity index (χ1v) is 8.23. The van der Waals surface area contributed by atoms with Crippen molar-refractivity contribution in [2.45, 2.75) is 26.7 Å². The minimum Gasteiger partial charge on any atom is -0.469 e. The van der Waals surface area contributed by atoms with Crippen molar-refractivity contribution in [1.82, 2.24) is 0 Å². The molecule has 5 nitrogen and oxygen atoms in total. The molecule has 0 amide bonds. The quantitative estimate of drug-likeness (QED) is 0.754. The van der Waals surface area contributed by atoms with Crippen LogP contribution in [0.3, 0.4) is 0 Å². The minimum atomic E-state index is -3.38. The van der Waals surface area contributed by atoms with Gasteiger partial charge in [0.15, 0.2) is 0 Å². The van der Waals surface area contributed by atoms with Gasteiger partial charge in [-0.25, -0.2) is 8.42 Å². The van der Waals surface area contributed by atoms with Crippen molar-refractivity contribution in [2.75, 3.05) is 24.2 Å². The lowest BCUT2D eigenvalue weighted by atomic mass is 10.1. The number of anilines is 1. The van der Waals surface area contributed by atoms with Crippen LogP contribution >= 0.6 is 0 Å². The summed E-state index contributed by atoms with van der Waals surface area (Å²) in [7, 11) is -2.06. The van der Waals surface area contributed by atoms with Crippen molar-refractivity contribution in [1.29, 1.82) is 0 Å². The zero-order chi connectivity index (χ0) is 15.3. The summed E-state index contributed by atoms with van der Waals surface area (Å²) in [4.78, 5) is 11.1. The van der Waals surface area contributed by atoms with Gasteiger partial charge in [0.2, 0.25) is 10.0 Å². The summed E-state index contributed by atoms with van der Waals surface area (Å²) in [5.74, 6) is -0.334. The number of sulfonamides is 1. The van der Waals surface area contributed by atoms with Crippen LogP contribution in [0, 0.1) is 13.8 Å². The zero-order valence-corrected chi connectivity index (χ0v) is 13.2. The number of carbonyl (C=O) groups is 1. The molecule has 20 heavy (non-hydrogen) atoms. The van der Waals surface area contributed by atoms with Gasteiger partial charge in [0.05, 0.1) is 19.1 Å². The fourth-order valence-corrected chi connectivity index (χ4v) is 2.96. The molecule has 112 valence electrons. The van der Waals surface area contributed by atoms with E-state index >= 15 is 0 Å². The third-order valence-electron chi connectivity index (χ3n) is 3.21. The number of methoxy groups -OCH3 is 1. The van der Waals surface area contributed by atoms with Crippen LogP contribution in [0.2, 0.25) is 0 Å². The Balaban J connectivity index is 2.97. The molecule has 0 saturated heterocycles. The van der Waals surface area contributed by atoms with Gasteiger partial charge in [-0.3, -0.25) is 9.10 Å². The largest absolute Gasteiger partial charge is 0.469 e. The number of carbonyl (C=O) groups excluding carboxylic acids is 1. The van der Waals surface area contributed by atoms with E-state index in [-0.39, 0.29) is 18.9 Å². The van der Waals surface area contributed by atoms with Crippen LogP contribution in [-0.2, 0) is 19.6 Å². The van der Waals surface area contributed by atoms with Crippen LogP contribution in [0.15, 0.2) is 18.2 Å². The molecule has 1 aromatic carbocycles. The molecule has 0 aliphatic heterocycles. The van der Waals surface area contributed by atoms with Gasteiger partial charge in [-0.1, -0.05) is 12.1 Å². The maximum Gasteiger partial charge on any atom is 0.305 e. The molecule has 0 spiro atoms. The highest BCUT2D eigenvalue weighted by Gasteiger charge is 2.19. The van der Waals surface area contributed by atoms with E-state index in [1.165, 1.54) is 17.7 Å². The van der Waals surface area contributed by atoms with Gasteiger partial charge in [-0.15, -0.1) is 0 Å². The normalized spacial score (nSPS) is 11.2. The average molecular weight is 299 g/mol. The average Bonchev–Trinajstić information content (AvgIpc) is 2.37. The molecule has 1 aromatic rings. The summed E-state index contributed by atoms with van der Waals surface area (Å²) in [5, 5.41) is 0. The number of hydrogen-bond acceptors (Lipinski definition) is 4. The van der Waals surface area contributed by atoms with Crippen LogP contribution in [0.25, 0.3) is 0 Å². The zero-order valence-electron chi connectivity index (χ0n) is 12.3. The summed E-state index contributed by atoms with van der Waals surface area (Å²) < 4.78 is 29.8. The van der Waals surface area contributed by atoms with Crippen molar-refractivity contribution in [3.8, 4) is 0 Å². The van der Waals surface area contributed by atoms with Crippen LogP contribution in [-0.4, -0.2) is 34.3 Å². The van der Waals surface area contributed by atoms with Crippen molar-refractivity contribution in [2.24, 2.45) is 0 Å². The fourth-order valence-electron chi connectivity index (χ4n) is 1.94. The summed E-state index contributed by atoms with van der Waals surface area (Å²) in [6.45, 7) is 4.09. The summed E-state index contributed by atoms with van der Waals surface area (Å²) in [6, 6.07) is 5.55. The van der Waals surface area contributed by atoms with Gasteiger partial charge in [0.1, 0.15) is 0 Å². The van der Waals surface area contributed by atoms with E-state index in [1.54, 1.807) is 6.07 Å². The molecule has 0 heterocycles. The fraction of sp³-hybridized carbons (Fsp3) is 0.500. The molecule has 0 N–H and O–H groups in total. The Morgan fingerprint density at radius 3 is 2.50 bits per heavy atom. The van der Waals surface area contributed by atoms with Crippen LogP contribution < -0.4 is 4.31 Å². The van der Waals surface area contributed by atoms with E-state index in [0.29, 0.717) is 12.1 Å². The maximum absolute atomic E-state index is 12.0. The lowest BCUT2D eigenvalue weighted by Crippen LogP contribution is -2.32. The molecule has 0 radical (unpaired) electrons. The van der Waals surface area contributed by atoms with E-state index in [4.69, 9.17) is 0 Å². The molecule has 0 atom stereocenters. The van der Waals surface area contributed by atoms with E-state index in [9.17, 15) is 13.2 Å². The number of aryl methyl sites for hydroxylation is 1. The standard InChI is InChI=1S/C14H21NO4S/c1-11-7-5-8-13(12(11)2)15(20(4,17)18)10-6-9-14(16)19-3/h5,7-8H,6,9-10H2,1-4H3. The number of esters is 1. The predicted molar refractivity (Wildman–Crippen MR) is 79.4 cm³/mol. The first-order valence-electron chi connectivity index (χ1n) is 6.38. The first kappa shape index (κ1) is 16.5. The Bertz CT molecular complexity index is 581. The predicted octanol–water partition coefficient (Wildman–Crippen LogP) is 2.02. The van der Waals surface area contributed by atoms with Gasteiger partial charge in [0, 0.05) is 13.0 Å². The molecule has 6 heteroatoms. The van der Waals surface area contributed by atoms with E-state index in [0.717, 1.165) is 11.1 Å². The number of nitrogens with zero attached hydrogens (tertiary/aromatic N) is 1. The third kappa shape index (κ3) is 4.23. The molecule has 0 unspecified atom stereocenters. The minimum absolute atomic E-state index is 0.202. The highest BCUT2D eigenvalue weighted by atomic mass is 32.2. The van der Waals surface area contributed by atoms with Crippen molar-refractivity contribution < 1.29 is 17.9 Å². The second-order valence-electron chi connectivity index (χ2n) is 4.73. The number of rotatable bonds is 6. The number of hydrogen-bond donors (Lipinski definition) is 0. The number of benzene rings is 1. The van der Waals surface area contributed by atoms with Gasteiger partial charge < -0.3 is 4.74 Å². The first-order chi connectivity index (χ1) is 9.27. The molecule has 1 rings (SSSR count). The Hall–Kier alpha value is -1.56. The second-order valence-corrected chi connectivity index (χ2v) is 6.64. The third-order valence-corrected chi connectivity index (χ3v) is 4.39. The Labute approximate surface area is 120 Å². The monoisotopic (exact) mass is 299 g/mol. The molecular formula is C14H21NO4S.